The van der Waals surface area contributed by atoms with E-state index in [0.717, 1.165) is 17.5 Å². The lowest BCUT2D eigenvalue weighted by Crippen LogP contribution is -2.17. The highest BCUT2D eigenvalue weighted by Gasteiger charge is 2.15. The zero-order chi connectivity index (χ0) is 21.1. The van der Waals surface area contributed by atoms with Gasteiger partial charge in [-0.05, 0) is 55.9 Å². The summed E-state index contributed by atoms with van der Waals surface area (Å²) in [4.78, 5) is 34.9. The first-order valence-corrected chi connectivity index (χ1v) is 10.1. The van der Waals surface area contributed by atoms with Gasteiger partial charge < -0.3 is 14.3 Å². The highest BCUT2D eigenvalue weighted by Crippen LogP contribution is 2.21. The van der Waals surface area contributed by atoms with Gasteiger partial charge in [-0.25, -0.2) is 4.98 Å². The lowest BCUT2D eigenvalue weighted by Gasteiger charge is -2.10. The van der Waals surface area contributed by atoms with Crippen LogP contribution in [-0.2, 0) is 11.3 Å². The molecule has 2 aromatic carbocycles. The number of aromatic nitrogens is 4. The number of para-hydroxylation sites is 2. The van der Waals surface area contributed by atoms with Crippen LogP contribution < -0.4 is 10.9 Å². The molecule has 0 spiro atoms. The number of aryl methyl sites for hydroxylation is 1. The van der Waals surface area contributed by atoms with Crippen molar-refractivity contribution in [3.05, 3.63) is 63.2 Å². The van der Waals surface area contributed by atoms with E-state index in [1.54, 1.807) is 18.2 Å². The molecule has 0 aliphatic heterocycles. The summed E-state index contributed by atoms with van der Waals surface area (Å²) in [5.74, 6) is 0.148. The standard InChI is InChI=1S/C21H21N5O3S/c1-2-29-11-5-10-26-17-7-4-3-6-15(17)22-20(26)24-18(27)13-8-9-14-16(12-13)23-21(30)25-19(14)28/h3-4,6-9,12H,2,5,10-11H2,1H3,(H,22,24,27)(H2,23,25,28,30). The lowest BCUT2D eigenvalue weighted by molar-refractivity contribution is 0.102. The molecule has 8 nitrogen and oxygen atoms in total. The Hall–Kier alpha value is -3.30. The van der Waals surface area contributed by atoms with Crippen molar-refractivity contribution >= 4 is 46.0 Å². The zero-order valence-electron chi connectivity index (χ0n) is 16.4. The summed E-state index contributed by atoms with van der Waals surface area (Å²) in [6.07, 6.45) is 0.798. The number of amides is 1. The number of benzene rings is 2. The summed E-state index contributed by atoms with van der Waals surface area (Å²) < 4.78 is 7.62. The van der Waals surface area contributed by atoms with Gasteiger partial charge in [0.2, 0.25) is 5.95 Å². The summed E-state index contributed by atoms with van der Waals surface area (Å²) in [6, 6.07) is 12.5. The molecule has 0 saturated heterocycles. The van der Waals surface area contributed by atoms with Crippen LogP contribution in [0.25, 0.3) is 21.9 Å². The highest BCUT2D eigenvalue weighted by molar-refractivity contribution is 7.71. The quantitative estimate of drug-likeness (QED) is 0.311. The monoisotopic (exact) mass is 423 g/mol. The number of carbonyl (C=O) groups is 1. The summed E-state index contributed by atoms with van der Waals surface area (Å²) in [5.41, 5.74) is 2.35. The van der Waals surface area contributed by atoms with Gasteiger partial charge in [-0.15, -0.1) is 0 Å². The van der Waals surface area contributed by atoms with Crippen LogP contribution in [0.3, 0.4) is 0 Å². The van der Waals surface area contributed by atoms with Crippen LogP contribution in [0.2, 0.25) is 0 Å². The van der Waals surface area contributed by atoms with E-state index in [9.17, 15) is 9.59 Å². The van der Waals surface area contributed by atoms with Gasteiger partial charge in [0, 0.05) is 25.3 Å². The van der Waals surface area contributed by atoms with Crippen LogP contribution in [0.1, 0.15) is 23.7 Å². The van der Waals surface area contributed by atoms with Gasteiger partial charge in [0.15, 0.2) is 4.77 Å². The fourth-order valence-electron chi connectivity index (χ4n) is 3.35. The van der Waals surface area contributed by atoms with E-state index >= 15 is 0 Å². The molecule has 4 rings (SSSR count). The van der Waals surface area contributed by atoms with Crippen LogP contribution >= 0.6 is 12.2 Å². The van der Waals surface area contributed by atoms with E-state index in [1.165, 1.54) is 0 Å². The van der Waals surface area contributed by atoms with Gasteiger partial charge in [-0.1, -0.05) is 12.1 Å². The number of hydrogen-bond acceptors (Lipinski definition) is 5. The zero-order valence-corrected chi connectivity index (χ0v) is 17.2. The average molecular weight is 423 g/mol. The number of H-pyrrole nitrogens is 2. The van der Waals surface area contributed by atoms with Gasteiger partial charge in [0.25, 0.3) is 11.5 Å². The molecule has 0 unspecified atom stereocenters. The average Bonchev–Trinajstić information content (AvgIpc) is 3.07. The first-order valence-electron chi connectivity index (χ1n) is 9.67. The Morgan fingerprint density at radius 2 is 2.07 bits per heavy atom. The second kappa shape index (κ2) is 8.60. The molecule has 0 bridgehead atoms. The molecular formula is C21H21N5O3S. The molecule has 2 aromatic heterocycles. The molecule has 4 aromatic rings. The van der Waals surface area contributed by atoms with Crippen molar-refractivity contribution in [1.29, 1.82) is 0 Å². The minimum atomic E-state index is -0.321. The van der Waals surface area contributed by atoms with E-state index in [-0.39, 0.29) is 16.2 Å². The Bertz CT molecular complexity index is 1340. The fraction of sp³-hybridized carbons (Fsp3) is 0.238. The highest BCUT2D eigenvalue weighted by atomic mass is 32.1. The topological polar surface area (TPSA) is 105 Å². The van der Waals surface area contributed by atoms with Crippen molar-refractivity contribution in [2.45, 2.75) is 19.9 Å². The Morgan fingerprint density at radius 1 is 1.23 bits per heavy atom. The first-order chi connectivity index (χ1) is 14.6. The molecule has 0 fully saturated rings. The number of aromatic amines is 2. The number of fused-ring (bicyclic) bond motifs is 2. The van der Waals surface area contributed by atoms with Crippen molar-refractivity contribution in [2.75, 3.05) is 18.5 Å². The molecule has 2 heterocycles. The maximum absolute atomic E-state index is 12.9. The fourth-order valence-corrected chi connectivity index (χ4v) is 3.55. The van der Waals surface area contributed by atoms with Crippen molar-refractivity contribution < 1.29 is 9.53 Å². The lowest BCUT2D eigenvalue weighted by atomic mass is 10.1. The smallest absolute Gasteiger partial charge is 0.259 e. The van der Waals surface area contributed by atoms with Crippen molar-refractivity contribution in [3.63, 3.8) is 0 Å². The molecule has 0 aliphatic rings. The molecule has 3 N–H and O–H groups in total. The number of rotatable bonds is 7. The molecule has 1 amide bonds. The third kappa shape index (κ3) is 4.03. The van der Waals surface area contributed by atoms with Gasteiger partial charge in [-0.3, -0.25) is 19.9 Å². The van der Waals surface area contributed by atoms with Crippen molar-refractivity contribution in [3.8, 4) is 0 Å². The molecule has 0 atom stereocenters. The minimum Gasteiger partial charge on any atom is -0.382 e. The van der Waals surface area contributed by atoms with Crippen molar-refractivity contribution in [2.24, 2.45) is 0 Å². The molecule has 30 heavy (non-hydrogen) atoms. The van der Waals surface area contributed by atoms with Gasteiger partial charge in [0.05, 0.1) is 21.9 Å². The molecule has 154 valence electrons. The number of anilines is 1. The van der Waals surface area contributed by atoms with Crippen LogP contribution in [0.4, 0.5) is 5.95 Å². The second-order valence-electron chi connectivity index (χ2n) is 6.75. The minimum absolute atomic E-state index is 0.209. The molecule has 0 radical (unpaired) electrons. The largest absolute Gasteiger partial charge is 0.382 e. The van der Waals surface area contributed by atoms with Crippen molar-refractivity contribution in [1.82, 2.24) is 19.5 Å². The van der Waals surface area contributed by atoms with Crippen LogP contribution in [0.5, 0.6) is 0 Å². The van der Waals surface area contributed by atoms with Crippen LogP contribution in [-0.4, -0.2) is 38.6 Å². The Labute approximate surface area is 176 Å². The van der Waals surface area contributed by atoms with Gasteiger partial charge in [-0.2, -0.15) is 0 Å². The third-order valence-corrected chi connectivity index (χ3v) is 4.96. The van der Waals surface area contributed by atoms with Crippen LogP contribution in [0.15, 0.2) is 47.3 Å². The number of ether oxygens (including phenoxy) is 1. The number of hydrogen-bond donors (Lipinski definition) is 3. The third-order valence-electron chi connectivity index (χ3n) is 4.76. The predicted molar refractivity (Wildman–Crippen MR) is 119 cm³/mol. The first kappa shape index (κ1) is 20.0. The van der Waals surface area contributed by atoms with E-state index in [1.807, 2.05) is 35.8 Å². The van der Waals surface area contributed by atoms with E-state index in [4.69, 9.17) is 17.0 Å². The molecule has 0 saturated carbocycles. The van der Waals surface area contributed by atoms with Gasteiger partial charge in [0.1, 0.15) is 0 Å². The molecule has 9 heteroatoms. The Kier molecular flexibility index (Phi) is 5.73. The second-order valence-corrected chi connectivity index (χ2v) is 7.16. The summed E-state index contributed by atoms with van der Waals surface area (Å²) in [5, 5.41) is 3.33. The van der Waals surface area contributed by atoms with E-state index in [0.29, 0.717) is 42.2 Å². The summed E-state index contributed by atoms with van der Waals surface area (Å²) in [7, 11) is 0. The maximum Gasteiger partial charge on any atom is 0.259 e. The van der Waals surface area contributed by atoms with Crippen LogP contribution in [0, 0.1) is 4.77 Å². The van der Waals surface area contributed by atoms with Gasteiger partial charge >= 0.3 is 0 Å². The van der Waals surface area contributed by atoms with E-state index in [2.05, 4.69) is 20.3 Å². The molecular weight excluding hydrogens is 402 g/mol. The summed E-state index contributed by atoms with van der Waals surface area (Å²) >= 11 is 5.02. The number of nitrogens with zero attached hydrogens (tertiary/aromatic N) is 2. The normalized spacial score (nSPS) is 11.2. The maximum atomic E-state index is 12.9. The predicted octanol–water partition coefficient (Wildman–Crippen LogP) is 3.61. The summed E-state index contributed by atoms with van der Waals surface area (Å²) in [6.45, 7) is 3.93. The SMILES string of the molecule is CCOCCCn1c(NC(=O)c2ccc3c(=O)[nH]c(=S)[nH]c3c2)nc2ccccc21. The van der Waals surface area contributed by atoms with E-state index < -0.39 is 0 Å². The Balaban J connectivity index is 1.65. The molecule has 0 aliphatic carbocycles. The number of imidazole rings is 1. The number of nitrogens with one attached hydrogen (secondary N) is 3. The number of carbonyl (C=O) groups excluding carboxylic acids is 1. The Morgan fingerprint density at radius 3 is 2.90 bits per heavy atom.